The quantitative estimate of drug-likeness (QED) is 0.777. The SMILES string of the molecule is C=CCOC(=O)N(CC(=O)O)C(C)Cc1ccccc1. The highest BCUT2D eigenvalue weighted by molar-refractivity contribution is 5.77. The van der Waals surface area contributed by atoms with Crippen LogP contribution in [0.1, 0.15) is 12.5 Å². The summed E-state index contributed by atoms with van der Waals surface area (Å²) in [5.74, 6) is -1.07. The van der Waals surface area contributed by atoms with Crippen molar-refractivity contribution in [1.82, 2.24) is 4.90 Å². The van der Waals surface area contributed by atoms with Crippen molar-refractivity contribution in [3.05, 3.63) is 48.6 Å². The summed E-state index contributed by atoms with van der Waals surface area (Å²) in [6, 6.07) is 9.31. The molecule has 0 saturated heterocycles. The van der Waals surface area contributed by atoms with Crippen LogP contribution < -0.4 is 0 Å². The summed E-state index contributed by atoms with van der Waals surface area (Å²) < 4.78 is 4.92. The van der Waals surface area contributed by atoms with Gasteiger partial charge in [0.1, 0.15) is 13.2 Å². The number of aliphatic carboxylic acids is 1. The molecule has 1 aromatic carbocycles. The minimum Gasteiger partial charge on any atom is -0.480 e. The fourth-order valence-corrected chi connectivity index (χ4v) is 1.82. The lowest BCUT2D eigenvalue weighted by molar-refractivity contribution is -0.138. The van der Waals surface area contributed by atoms with Crippen LogP contribution in [-0.4, -0.2) is 41.3 Å². The van der Waals surface area contributed by atoms with Gasteiger partial charge in [-0.05, 0) is 18.9 Å². The maximum atomic E-state index is 11.9. The van der Waals surface area contributed by atoms with Crippen molar-refractivity contribution < 1.29 is 19.4 Å². The minimum absolute atomic E-state index is 0.0625. The van der Waals surface area contributed by atoms with Crippen molar-refractivity contribution in [2.24, 2.45) is 0 Å². The van der Waals surface area contributed by atoms with Crippen molar-refractivity contribution in [3.8, 4) is 0 Å². The number of carbonyl (C=O) groups is 2. The Labute approximate surface area is 118 Å². The van der Waals surface area contributed by atoms with Gasteiger partial charge in [0.25, 0.3) is 0 Å². The van der Waals surface area contributed by atoms with Gasteiger partial charge in [0, 0.05) is 6.04 Å². The largest absolute Gasteiger partial charge is 0.480 e. The van der Waals surface area contributed by atoms with E-state index in [4.69, 9.17) is 9.84 Å². The van der Waals surface area contributed by atoms with Crippen molar-refractivity contribution >= 4 is 12.1 Å². The van der Waals surface area contributed by atoms with Gasteiger partial charge in [0.05, 0.1) is 0 Å². The highest BCUT2D eigenvalue weighted by Crippen LogP contribution is 2.10. The summed E-state index contributed by atoms with van der Waals surface area (Å²) in [7, 11) is 0. The molecule has 0 saturated carbocycles. The molecule has 1 atom stereocenters. The first-order valence-electron chi connectivity index (χ1n) is 6.34. The van der Waals surface area contributed by atoms with Gasteiger partial charge < -0.3 is 9.84 Å². The van der Waals surface area contributed by atoms with E-state index in [0.717, 1.165) is 5.56 Å². The number of ether oxygens (including phenoxy) is 1. The average Bonchev–Trinajstić information content (AvgIpc) is 2.43. The average molecular weight is 277 g/mol. The van der Waals surface area contributed by atoms with Gasteiger partial charge >= 0.3 is 12.1 Å². The third kappa shape index (κ3) is 5.14. The molecule has 0 radical (unpaired) electrons. The lowest BCUT2D eigenvalue weighted by Crippen LogP contribution is -2.43. The van der Waals surface area contributed by atoms with Crippen molar-refractivity contribution in [2.75, 3.05) is 13.2 Å². The molecule has 0 heterocycles. The Hall–Kier alpha value is -2.30. The third-order valence-electron chi connectivity index (χ3n) is 2.77. The molecule has 1 N–H and O–H groups in total. The number of carboxylic acid groups (broad SMARTS) is 1. The Kier molecular flexibility index (Phi) is 6.29. The highest BCUT2D eigenvalue weighted by atomic mass is 16.6. The van der Waals surface area contributed by atoms with Gasteiger partial charge in [-0.2, -0.15) is 0 Å². The second kappa shape index (κ2) is 7.99. The first-order chi connectivity index (χ1) is 9.54. The standard InChI is InChI=1S/C15H19NO4/c1-3-9-20-15(19)16(11-14(17)18)12(2)10-13-7-5-4-6-8-13/h3-8,12H,1,9-11H2,2H3,(H,17,18). The fourth-order valence-electron chi connectivity index (χ4n) is 1.82. The van der Waals surface area contributed by atoms with Crippen LogP contribution in [-0.2, 0) is 16.0 Å². The molecular weight excluding hydrogens is 258 g/mol. The predicted octanol–water partition coefficient (Wildman–Crippen LogP) is 2.33. The molecule has 0 spiro atoms. The molecule has 1 unspecified atom stereocenters. The van der Waals surface area contributed by atoms with E-state index in [9.17, 15) is 9.59 Å². The van der Waals surface area contributed by atoms with Crippen LogP contribution in [0.3, 0.4) is 0 Å². The number of hydrogen-bond acceptors (Lipinski definition) is 3. The Morgan fingerprint density at radius 3 is 2.60 bits per heavy atom. The Balaban J connectivity index is 2.73. The molecule has 108 valence electrons. The summed E-state index contributed by atoms with van der Waals surface area (Å²) >= 11 is 0. The lowest BCUT2D eigenvalue weighted by atomic mass is 10.1. The maximum Gasteiger partial charge on any atom is 0.410 e. The van der Waals surface area contributed by atoms with Gasteiger partial charge in [0.2, 0.25) is 0 Å². The highest BCUT2D eigenvalue weighted by Gasteiger charge is 2.23. The minimum atomic E-state index is -1.07. The molecule has 0 aliphatic carbocycles. The number of carboxylic acids is 1. The lowest BCUT2D eigenvalue weighted by Gasteiger charge is -2.26. The molecule has 5 heteroatoms. The van der Waals surface area contributed by atoms with Crippen molar-refractivity contribution in [2.45, 2.75) is 19.4 Å². The van der Waals surface area contributed by atoms with E-state index >= 15 is 0 Å². The van der Waals surface area contributed by atoms with E-state index in [1.54, 1.807) is 6.92 Å². The molecule has 5 nitrogen and oxygen atoms in total. The molecule has 1 rings (SSSR count). The van der Waals surface area contributed by atoms with Crippen LogP contribution in [0.5, 0.6) is 0 Å². The van der Waals surface area contributed by atoms with Crippen molar-refractivity contribution in [1.29, 1.82) is 0 Å². The van der Waals surface area contributed by atoms with E-state index < -0.39 is 12.1 Å². The Morgan fingerprint density at radius 2 is 2.05 bits per heavy atom. The molecule has 0 aromatic heterocycles. The normalized spacial score (nSPS) is 11.4. The topological polar surface area (TPSA) is 66.8 Å². The Bertz CT molecular complexity index is 458. The van der Waals surface area contributed by atoms with Crippen LogP contribution in [0.25, 0.3) is 0 Å². The maximum absolute atomic E-state index is 11.9. The zero-order valence-electron chi connectivity index (χ0n) is 11.5. The van der Waals surface area contributed by atoms with Gasteiger partial charge in [0.15, 0.2) is 0 Å². The number of hydrogen-bond donors (Lipinski definition) is 1. The number of benzene rings is 1. The third-order valence-corrected chi connectivity index (χ3v) is 2.77. The molecule has 20 heavy (non-hydrogen) atoms. The van der Waals surface area contributed by atoms with Gasteiger partial charge in [-0.3, -0.25) is 9.69 Å². The van der Waals surface area contributed by atoms with Crippen LogP contribution in [0.2, 0.25) is 0 Å². The van der Waals surface area contributed by atoms with Crippen LogP contribution in [0, 0.1) is 0 Å². The smallest absolute Gasteiger partial charge is 0.410 e. The molecule has 1 amide bonds. The van der Waals surface area contributed by atoms with E-state index in [0.29, 0.717) is 6.42 Å². The summed E-state index contributed by atoms with van der Waals surface area (Å²) in [5, 5.41) is 8.90. The molecular formula is C15H19NO4. The number of rotatable bonds is 7. The van der Waals surface area contributed by atoms with E-state index in [1.165, 1.54) is 11.0 Å². The molecule has 0 aliphatic rings. The predicted molar refractivity (Wildman–Crippen MR) is 75.5 cm³/mol. The number of nitrogens with zero attached hydrogens (tertiary/aromatic N) is 1. The van der Waals surface area contributed by atoms with Gasteiger partial charge in [-0.1, -0.05) is 43.0 Å². The zero-order chi connectivity index (χ0) is 15.0. The summed E-state index contributed by atoms with van der Waals surface area (Å²) in [6.07, 6.45) is 1.37. The molecule has 0 bridgehead atoms. The van der Waals surface area contributed by atoms with E-state index in [1.807, 2.05) is 30.3 Å². The van der Waals surface area contributed by atoms with E-state index in [-0.39, 0.29) is 19.2 Å². The first-order valence-corrected chi connectivity index (χ1v) is 6.34. The first kappa shape index (κ1) is 15.8. The van der Waals surface area contributed by atoms with Crippen LogP contribution >= 0.6 is 0 Å². The summed E-state index contributed by atoms with van der Waals surface area (Å²) in [6.45, 7) is 4.93. The van der Waals surface area contributed by atoms with Crippen LogP contribution in [0.15, 0.2) is 43.0 Å². The number of amides is 1. The van der Waals surface area contributed by atoms with E-state index in [2.05, 4.69) is 6.58 Å². The molecule has 1 aromatic rings. The number of carbonyl (C=O) groups excluding carboxylic acids is 1. The summed E-state index contributed by atoms with van der Waals surface area (Å²) in [4.78, 5) is 23.9. The molecule has 0 aliphatic heterocycles. The second-order valence-electron chi connectivity index (χ2n) is 4.43. The zero-order valence-corrected chi connectivity index (χ0v) is 11.5. The monoisotopic (exact) mass is 277 g/mol. The summed E-state index contributed by atoms with van der Waals surface area (Å²) in [5.41, 5.74) is 1.03. The van der Waals surface area contributed by atoms with Crippen molar-refractivity contribution in [3.63, 3.8) is 0 Å². The van der Waals surface area contributed by atoms with Crippen LogP contribution in [0.4, 0.5) is 4.79 Å². The molecule has 0 fully saturated rings. The van der Waals surface area contributed by atoms with Gasteiger partial charge in [-0.15, -0.1) is 0 Å². The second-order valence-corrected chi connectivity index (χ2v) is 4.43. The Morgan fingerprint density at radius 1 is 1.40 bits per heavy atom. The van der Waals surface area contributed by atoms with Gasteiger partial charge in [-0.25, -0.2) is 4.79 Å². The fraction of sp³-hybridized carbons (Fsp3) is 0.333.